The molecule has 2 rings (SSSR count). The quantitative estimate of drug-likeness (QED) is 0.849. The summed E-state index contributed by atoms with van der Waals surface area (Å²) in [5.74, 6) is 1.62. The summed E-state index contributed by atoms with van der Waals surface area (Å²) in [5.41, 5.74) is -0.138. The van der Waals surface area contributed by atoms with E-state index in [0.29, 0.717) is 30.6 Å². The molecule has 2 N–H and O–H groups in total. The van der Waals surface area contributed by atoms with Gasteiger partial charge in [0.25, 0.3) is 0 Å². The second-order valence-electron chi connectivity index (χ2n) is 6.10. The van der Waals surface area contributed by atoms with E-state index in [9.17, 15) is 4.79 Å². The fourth-order valence-corrected chi connectivity index (χ4v) is 2.03. The van der Waals surface area contributed by atoms with Crippen molar-refractivity contribution in [2.24, 2.45) is 5.92 Å². The van der Waals surface area contributed by atoms with Gasteiger partial charge >= 0.3 is 0 Å². The maximum atomic E-state index is 11.7. The van der Waals surface area contributed by atoms with Crippen molar-refractivity contribution in [1.29, 1.82) is 0 Å². The van der Waals surface area contributed by atoms with Gasteiger partial charge in [-0.3, -0.25) is 4.79 Å². The Bertz CT molecular complexity index is 430. The second kappa shape index (κ2) is 5.69. The van der Waals surface area contributed by atoms with E-state index in [0.717, 1.165) is 19.5 Å². The van der Waals surface area contributed by atoms with Gasteiger partial charge in [-0.15, -0.1) is 0 Å². The van der Waals surface area contributed by atoms with E-state index in [-0.39, 0.29) is 11.3 Å². The third-order valence-corrected chi connectivity index (χ3v) is 3.21. The Hall–Kier alpha value is -1.43. The zero-order valence-corrected chi connectivity index (χ0v) is 11.8. The van der Waals surface area contributed by atoms with Crippen molar-refractivity contribution in [2.45, 2.75) is 45.6 Å². The van der Waals surface area contributed by atoms with Crippen molar-refractivity contribution >= 4 is 5.91 Å². The molecule has 19 heavy (non-hydrogen) atoms. The van der Waals surface area contributed by atoms with Crippen LogP contribution < -0.4 is 10.6 Å². The van der Waals surface area contributed by atoms with Gasteiger partial charge in [-0.1, -0.05) is 25.9 Å². The zero-order valence-electron chi connectivity index (χ0n) is 11.8. The first-order valence-corrected chi connectivity index (χ1v) is 6.75. The summed E-state index contributed by atoms with van der Waals surface area (Å²) in [6.07, 6.45) is 1.63. The average molecular weight is 266 g/mol. The van der Waals surface area contributed by atoms with E-state index in [4.69, 9.17) is 4.52 Å². The Morgan fingerprint density at radius 2 is 2.32 bits per heavy atom. The molecule has 1 aliphatic heterocycles. The third-order valence-electron chi connectivity index (χ3n) is 3.21. The van der Waals surface area contributed by atoms with Crippen LogP contribution in [0.25, 0.3) is 0 Å². The molecule has 1 fully saturated rings. The molecule has 0 aromatic carbocycles. The summed E-state index contributed by atoms with van der Waals surface area (Å²) in [7, 11) is 0. The molecule has 0 radical (unpaired) electrons. The van der Waals surface area contributed by atoms with Gasteiger partial charge in [-0.25, -0.2) is 0 Å². The number of carbonyl (C=O) groups excluding carboxylic acids is 1. The number of nitrogens with one attached hydrogen (secondary N) is 2. The maximum Gasteiger partial charge on any atom is 0.246 e. The van der Waals surface area contributed by atoms with Gasteiger partial charge in [-0.2, -0.15) is 4.98 Å². The lowest BCUT2D eigenvalue weighted by atomic mass is 9.96. The largest absolute Gasteiger partial charge is 0.347 e. The molecule has 0 spiro atoms. The molecule has 1 atom stereocenters. The molecular weight excluding hydrogens is 244 g/mol. The number of hydrogen-bond acceptors (Lipinski definition) is 5. The van der Waals surface area contributed by atoms with Gasteiger partial charge in [0.05, 0.1) is 6.54 Å². The van der Waals surface area contributed by atoms with Crippen LogP contribution in [-0.2, 0) is 16.8 Å². The monoisotopic (exact) mass is 266 g/mol. The SMILES string of the molecule is CC(C)(C)c1noc(CNC(=O)C[C@@H]2CCNC2)n1. The van der Waals surface area contributed by atoms with Crippen LogP contribution in [-0.4, -0.2) is 29.1 Å². The van der Waals surface area contributed by atoms with Crippen LogP contribution in [0.4, 0.5) is 0 Å². The van der Waals surface area contributed by atoms with Gasteiger partial charge in [0.15, 0.2) is 5.82 Å². The normalized spacial score (nSPS) is 19.6. The molecule has 0 unspecified atom stereocenters. The summed E-state index contributed by atoms with van der Waals surface area (Å²) in [6.45, 7) is 8.31. The highest BCUT2D eigenvalue weighted by atomic mass is 16.5. The van der Waals surface area contributed by atoms with Crippen molar-refractivity contribution < 1.29 is 9.32 Å². The van der Waals surface area contributed by atoms with E-state index in [1.54, 1.807) is 0 Å². The molecule has 0 saturated carbocycles. The molecule has 106 valence electrons. The lowest BCUT2D eigenvalue weighted by Crippen LogP contribution is -2.26. The third kappa shape index (κ3) is 4.02. The van der Waals surface area contributed by atoms with Gasteiger partial charge in [0.2, 0.25) is 11.8 Å². The first-order valence-electron chi connectivity index (χ1n) is 6.75. The van der Waals surface area contributed by atoms with Crippen LogP contribution in [0.1, 0.15) is 45.3 Å². The smallest absolute Gasteiger partial charge is 0.246 e. The van der Waals surface area contributed by atoms with Crippen LogP contribution in [0, 0.1) is 5.92 Å². The van der Waals surface area contributed by atoms with E-state index >= 15 is 0 Å². The standard InChI is InChI=1S/C13H22N4O2/c1-13(2,3)12-16-11(19-17-12)8-15-10(18)6-9-4-5-14-7-9/h9,14H,4-8H2,1-3H3,(H,15,18)/t9-/m0/s1. The summed E-state index contributed by atoms with van der Waals surface area (Å²) in [6, 6.07) is 0. The topological polar surface area (TPSA) is 80.0 Å². The molecule has 1 amide bonds. The minimum atomic E-state index is -0.138. The Morgan fingerprint density at radius 3 is 2.89 bits per heavy atom. The summed E-state index contributed by atoms with van der Waals surface area (Å²) in [4.78, 5) is 16.0. The molecule has 1 aromatic rings. The predicted molar refractivity (Wildman–Crippen MR) is 70.4 cm³/mol. The molecule has 6 nitrogen and oxygen atoms in total. The maximum absolute atomic E-state index is 11.7. The van der Waals surface area contributed by atoms with E-state index < -0.39 is 0 Å². The van der Waals surface area contributed by atoms with Crippen molar-refractivity contribution in [1.82, 2.24) is 20.8 Å². The van der Waals surface area contributed by atoms with E-state index in [2.05, 4.69) is 20.8 Å². The van der Waals surface area contributed by atoms with Crippen molar-refractivity contribution in [2.75, 3.05) is 13.1 Å². The fourth-order valence-electron chi connectivity index (χ4n) is 2.03. The first-order chi connectivity index (χ1) is 8.95. The molecule has 0 aliphatic carbocycles. The summed E-state index contributed by atoms with van der Waals surface area (Å²) < 4.78 is 5.12. The summed E-state index contributed by atoms with van der Waals surface area (Å²) >= 11 is 0. The summed E-state index contributed by atoms with van der Waals surface area (Å²) in [5, 5.41) is 10.00. The number of carbonyl (C=O) groups is 1. The molecule has 1 aliphatic rings. The van der Waals surface area contributed by atoms with Crippen LogP contribution in [0.5, 0.6) is 0 Å². The highest BCUT2D eigenvalue weighted by Gasteiger charge is 2.21. The molecule has 1 saturated heterocycles. The Labute approximate surface area is 113 Å². The Kier molecular flexibility index (Phi) is 4.19. The number of aromatic nitrogens is 2. The highest BCUT2D eigenvalue weighted by Crippen LogP contribution is 2.18. The van der Waals surface area contributed by atoms with Gasteiger partial charge in [-0.05, 0) is 25.4 Å². The number of hydrogen-bond donors (Lipinski definition) is 2. The first kappa shape index (κ1) is 14.0. The number of rotatable bonds is 4. The van der Waals surface area contributed by atoms with E-state index in [1.165, 1.54) is 0 Å². The van der Waals surface area contributed by atoms with Crippen molar-refractivity contribution in [3.63, 3.8) is 0 Å². The minimum Gasteiger partial charge on any atom is -0.347 e. The van der Waals surface area contributed by atoms with Gasteiger partial charge in [0, 0.05) is 11.8 Å². The molecule has 1 aromatic heterocycles. The van der Waals surface area contributed by atoms with Gasteiger partial charge < -0.3 is 15.2 Å². The highest BCUT2D eigenvalue weighted by molar-refractivity contribution is 5.76. The molecular formula is C13H22N4O2. The molecule has 0 bridgehead atoms. The van der Waals surface area contributed by atoms with Crippen LogP contribution in [0.3, 0.4) is 0 Å². The van der Waals surface area contributed by atoms with Crippen LogP contribution in [0.15, 0.2) is 4.52 Å². The van der Waals surface area contributed by atoms with Crippen molar-refractivity contribution in [3.05, 3.63) is 11.7 Å². The Morgan fingerprint density at radius 1 is 1.53 bits per heavy atom. The minimum absolute atomic E-state index is 0.0456. The number of amides is 1. The lowest BCUT2D eigenvalue weighted by Gasteiger charge is -2.11. The zero-order chi connectivity index (χ0) is 13.9. The number of nitrogens with zero attached hydrogens (tertiary/aromatic N) is 2. The second-order valence-corrected chi connectivity index (χ2v) is 6.10. The van der Waals surface area contributed by atoms with E-state index in [1.807, 2.05) is 20.8 Å². The molecule has 2 heterocycles. The van der Waals surface area contributed by atoms with Crippen molar-refractivity contribution in [3.8, 4) is 0 Å². The van der Waals surface area contributed by atoms with Crippen LogP contribution >= 0.6 is 0 Å². The average Bonchev–Trinajstić information content (AvgIpc) is 2.95. The van der Waals surface area contributed by atoms with Gasteiger partial charge in [0.1, 0.15) is 0 Å². The Balaban J connectivity index is 1.78. The fraction of sp³-hybridized carbons (Fsp3) is 0.769. The van der Waals surface area contributed by atoms with Crippen LogP contribution in [0.2, 0.25) is 0 Å². The molecule has 6 heteroatoms. The lowest BCUT2D eigenvalue weighted by molar-refractivity contribution is -0.122. The predicted octanol–water partition coefficient (Wildman–Crippen LogP) is 0.983.